The molecule has 0 aliphatic heterocycles. The Hall–Kier alpha value is -1.82. The van der Waals surface area contributed by atoms with Crippen molar-refractivity contribution in [3.05, 3.63) is 34.9 Å². The van der Waals surface area contributed by atoms with Crippen LogP contribution in [0.5, 0.6) is 0 Å². The number of hydrogen-bond acceptors (Lipinski definition) is 2. The molecule has 0 spiro atoms. The van der Waals surface area contributed by atoms with Gasteiger partial charge in [0.2, 0.25) is 5.91 Å². The molecule has 0 saturated carbocycles. The molecule has 0 bridgehead atoms. The molecule has 0 aliphatic carbocycles. The Balaban J connectivity index is 3.20. The highest BCUT2D eigenvalue weighted by Gasteiger charge is 2.07. The number of nitriles is 1. The Labute approximate surface area is 76.8 Å². The lowest BCUT2D eigenvalue weighted by molar-refractivity contribution is 0.0999. The van der Waals surface area contributed by atoms with Crippen LogP contribution in [-0.4, -0.2) is 5.91 Å². The average Bonchev–Trinajstić information content (AvgIpc) is 2.08. The first kappa shape index (κ1) is 9.27. The zero-order chi connectivity index (χ0) is 9.84. The van der Waals surface area contributed by atoms with E-state index in [2.05, 4.69) is 0 Å². The lowest BCUT2D eigenvalue weighted by Crippen LogP contribution is -2.13. The first-order chi connectivity index (χ1) is 6.15. The first-order valence-electron chi connectivity index (χ1n) is 3.91. The highest BCUT2D eigenvalue weighted by molar-refractivity contribution is 5.94. The lowest BCUT2D eigenvalue weighted by atomic mass is 10.0. The smallest absolute Gasteiger partial charge is 0.249 e. The molecule has 0 saturated heterocycles. The van der Waals surface area contributed by atoms with E-state index in [9.17, 15) is 4.79 Å². The van der Waals surface area contributed by atoms with Crippen molar-refractivity contribution in [1.82, 2.24) is 0 Å². The van der Waals surface area contributed by atoms with Gasteiger partial charge in [0.1, 0.15) is 0 Å². The number of carbonyl (C=O) groups is 1. The minimum absolute atomic E-state index is 0.221. The van der Waals surface area contributed by atoms with Crippen molar-refractivity contribution in [2.45, 2.75) is 13.3 Å². The van der Waals surface area contributed by atoms with Gasteiger partial charge in [-0.2, -0.15) is 5.26 Å². The van der Waals surface area contributed by atoms with E-state index in [1.807, 2.05) is 19.1 Å². The molecule has 0 aromatic heterocycles. The Morgan fingerprint density at radius 3 is 2.85 bits per heavy atom. The average molecular weight is 174 g/mol. The van der Waals surface area contributed by atoms with E-state index in [4.69, 9.17) is 11.0 Å². The lowest BCUT2D eigenvalue weighted by Gasteiger charge is -2.03. The summed E-state index contributed by atoms with van der Waals surface area (Å²) in [4.78, 5) is 11.0. The van der Waals surface area contributed by atoms with Gasteiger partial charge in [-0.25, -0.2) is 0 Å². The second kappa shape index (κ2) is 3.72. The fraction of sp³-hybridized carbons (Fsp3) is 0.200. The second-order valence-electron chi connectivity index (χ2n) is 2.86. The number of aryl methyl sites for hydroxylation is 1. The molecule has 0 atom stereocenters. The summed E-state index contributed by atoms with van der Waals surface area (Å²) in [5, 5.41) is 8.49. The third-order valence-corrected chi connectivity index (χ3v) is 1.80. The van der Waals surface area contributed by atoms with Gasteiger partial charge in [-0.15, -0.1) is 0 Å². The number of amides is 1. The molecule has 0 unspecified atom stereocenters. The van der Waals surface area contributed by atoms with Gasteiger partial charge in [0.05, 0.1) is 12.5 Å². The Morgan fingerprint density at radius 1 is 1.62 bits per heavy atom. The summed E-state index contributed by atoms with van der Waals surface area (Å²) in [6, 6.07) is 7.32. The van der Waals surface area contributed by atoms with Crippen molar-refractivity contribution in [3.8, 4) is 6.07 Å². The molecule has 1 aromatic rings. The number of carbonyl (C=O) groups excluding carboxylic acids is 1. The van der Waals surface area contributed by atoms with Crippen LogP contribution in [-0.2, 0) is 6.42 Å². The molecule has 13 heavy (non-hydrogen) atoms. The summed E-state index contributed by atoms with van der Waals surface area (Å²) in [6.07, 6.45) is 0.221. The van der Waals surface area contributed by atoms with Crippen molar-refractivity contribution >= 4 is 5.91 Å². The predicted octanol–water partition coefficient (Wildman–Crippen LogP) is 1.16. The van der Waals surface area contributed by atoms with Crippen molar-refractivity contribution in [3.63, 3.8) is 0 Å². The van der Waals surface area contributed by atoms with Crippen molar-refractivity contribution in [1.29, 1.82) is 5.26 Å². The fourth-order valence-electron chi connectivity index (χ4n) is 1.16. The van der Waals surface area contributed by atoms with E-state index in [0.29, 0.717) is 11.1 Å². The molecule has 1 aromatic carbocycles. The largest absolute Gasteiger partial charge is 0.366 e. The van der Waals surface area contributed by atoms with Crippen LogP contribution in [0, 0.1) is 18.3 Å². The van der Waals surface area contributed by atoms with Crippen LogP contribution in [0.25, 0.3) is 0 Å². The number of rotatable bonds is 2. The van der Waals surface area contributed by atoms with Gasteiger partial charge < -0.3 is 5.73 Å². The van der Waals surface area contributed by atoms with Gasteiger partial charge in [-0.3, -0.25) is 4.79 Å². The molecule has 0 aliphatic rings. The molecular formula is C10H10N2O. The monoisotopic (exact) mass is 174 g/mol. The Kier molecular flexibility index (Phi) is 2.65. The molecule has 0 fully saturated rings. The summed E-state index contributed by atoms with van der Waals surface area (Å²) < 4.78 is 0. The number of primary amides is 1. The van der Waals surface area contributed by atoms with Gasteiger partial charge in [-0.1, -0.05) is 17.7 Å². The van der Waals surface area contributed by atoms with Crippen LogP contribution in [0.15, 0.2) is 18.2 Å². The Bertz CT molecular complexity index is 377. The van der Waals surface area contributed by atoms with Crippen LogP contribution in [0.2, 0.25) is 0 Å². The van der Waals surface area contributed by atoms with E-state index < -0.39 is 5.91 Å². The first-order valence-corrected chi connectivity index (χ1v) is 3.91. The van der Waals surface area contributed by atoms with Crippen molar-refractivity contribution < 1.29 is 4.79 Å². The Morgan fingerprint density at radius 2 is 2.31 bits per heavy atom. The second-order valence-corrected chi connectivity index (χ2v) is 2.86. The molecule has 1 amide bonds. The normalized spacial score (nSPS) is 9.23. The molecule has 0 heterocycles. The summed E-state index contributed by atoms with van der Waals surface area (Å²) in [5.41, 5.74) is 7.27. The number of nitrogens with zero attached hydrogens (tertiary/aromatic N) is 1. The van der Waals surface area contributed by atoms with Crippen LogP contribution in [0.4, 0.5) is 0 Å². The van der Waals surface area contributed by atoms with Gasteiger partial charge in [0.15, 0.2) is 0 Å². The van der Waals surface area contributed by atoms with E-state index in [-0.39, 0.29) is 6.42 Å². The van der Waals surface area contributed by atoms with Crippen molar-refractivity contribution in [2.75, 3.05) is 0 Å². The third-order valence-electron chi connectivity index (χ3n) is 1.80. The third kappa shape index (κ3) is 2.06. The summed E-state index contributed by atoms with van der Waals surface area (Å²) in [5.74, 6) is -0.478. The molecule has 3 heteroatoms. The predicted molar refractivity (Wildman–Crippen MR) is 49.0 cm³/mol. The van der Waals surface area contributed by atoms with Crippen LogP contribution >= 0.6 is 0 Å². The van der Waals surface area contributed by atoms with E-state index in [0.717, 1.165) is 5.56 Å². The van der Waals surface area contributed by atoms with Gasteiger partial charge in [-0.05, 0) is 18.6 Å². The molecule has 2 N–H and O–H groups in total. The molecular weight excluding hydrogens is 164 g/mol. The van der Waals surface area contributed by atoms with Crippen LogP contribution in [0.3, 0.4) is 0 Å². The maximum Gasteiger partial charge on any atom is 0.249 e. The van der Waals surface area contributed by atoms with Gasteiger partial charge in [0, 0.05) is 5.56 Å². The van der Waals surface area contributed by atoms with Crippen LogP contribution < -0.4 is 5.73 Å². The summed E-state index contributed by atoms with van der Waals surface area (Å²) in [6.45, 7) is 1.88. The minimum atomic E-state index is -0.478. The maximum atomic E-state index is 11.0. The highest BCUT2D eigenvalue weighted by Crippen LogP contribution is 2.11. The van der Waals surface area contributed by atoms with Crippen LogP contribution in [0.1, 0.15) is 21.5 Å². The minimum Gasteiger partial charge on any atom is -0.366 e. The zero-order valence-electron chi connectivity index (χ0n) is 7.37. The summed E-state index contributed by atoms with van der Waals surface area (Å²) in [7, 11) is 0. The SMILES string of the molecule is Cc1ccc(CC#N)c(C(N)=O)c1. The highest BCUT2D eigenvalue weighted by atomic mass is 16.1. The fourth-order valence-corrected chi connectivity index (χ4v) is 1.16. The zero-order valence-corrected chi connectivity index (χ0v) is 7.37. The molecule has 66 valence electrons. The summed E-state index contributed by atoms with van der Waals surface area (Å²) >= 11 is 0. The van der Waals surface area contributed by atoms with E-state index >= 15 is 0 Å². The molecule has 1 rings (SSSR count). The van der Waals surface area contributed by atoms with E-state index in [1.54, 1.807) is 12.1 Å². The van der Waals surface area contributed by atoms with Gasteiger partial charge >= 0.3 is 0 Å². The standard InChI is InChI=1S/C10H10N2O/c1-7-2-3-8(4-5-11)9(6-7)10(12)13/h2-3,6H,4H2,1H3,(H2,12,13). The number of hydrogen-bond donors (Lipinski definition) is 1. The van der Waals surface area contributed by atoms with Crippen molar-refractivity contribution in [2.24, 2.45) is 5.73 Å². The molecule has 3 nitrogen and oxygen atoms in total. The topological polar surface area (TPSA) is 66.9 Å². The molecule has 0 radical (unpaired) electrons. The maximum absolute atomic E-state index is 11.0. The number of benzene rings is 1. The van der Waals surface area contributed by atoms with Gasteiger partial charge in [0.25, 0.3) is 0 Å². The van der Waals surface area contributed by atoms with E-state index in [1.165, 1.54) is 0 Å². The number of nitrogens with two attached hydrogens (primary N) is 1. The quantitative estimate of drug-likeness (QED) is 0.731.